The quantitative estimate of drug-likeness (QED) is 0.409. The van der Waals surface area contributed by atoms with Gasteiger partial charge in [0.2, 0.25) is 0 Å². The molecule has 1 aromatic carbocycles. The van der Waals surface area contributed by atoms with Crippen molar-refractivity contribution in [1.82, 2.24) is 4.90 Å². The molecule has 0 N–H and O–H groups in total. The minimum atomic E-state index is -0.338. The van der Waals surface area contributed by atoms with E-state index in [4.69, 9.17) is 4.74 Å². The fourth-order valence-electron chi connectivity index (χ4n) is 2.72. The van der Waals surface area contributed by atoms with Gasteiger partial charge in [0.25, 0.3) is 5.69 Å². The molecular weight excluding hydrogens is 292 g/mol. The molecular formula is C18H24N2O3. The zero-order valence-corrected chi connectivity index (χ0v) is 13.8. The van der Waals surface area contributed by atoms with Gasteiger partial charge in [-0.1, -0.05) is 31.9 Å². The minimum absolute atomic E-state index is 0.130. The zero-order valence-electron chi connectivity index (χ0n) is 13.8. The van der Waals surface area contributed by atoms with E-state index in [1.54, 1.807) is 19.2 Å². The predicted octanol–water partition coefficient (Wildman–Crippen LogP) is 4.23. The van der Waals surface area contributed by atoms with Gasteiger partial charge in [0.05, 0.1) is 11.5 Å². The van der Waals surface area contributed by atoms with Gasteiger partial charge in [-0.05, 0) is 35.4 Å². The molecule has 1 heterocycles. The number of nitro groups is 1. The summed E-state index contributed by atoms with van der Waals surface area (Å²) in [6.45, 7) is 4.49. The van der Waals surface area contributed by atoms with Crippen molar-refractivity contribution in [3.8, 4) is 0 Å². The maximum Gasteiger partial charge on any atom is 0.270 e. The number of non-ortho nitro benzene ring substituents is 1. The molecule has 2 rings (SSSR count). The van der Waals surface area contributed by atoms with Crippen molar-refractivity contribution in [3.05, 3.63) is 51.2 Å². The van der Waals surface area contributed by atoms with E-state index in [2.05, 4.69) is 11.8 Å². The van der Waals surface area contributed by atoms with Gasteiger partial charge < -0.3 is 9.64 Å². The molecule has 0 aliphatic carbocycles. The summed E-state index contributed by atoms with van der Waals surface area (Å²) in [6, 6.07) is 3.30. The lowest BCUT2D eigenvalue weighted by Gasteiger charge is -2.26. The highest BCUT2D eigenvalue weighted by atomic mass is 16.6. The SMILES string of the molecule is CCCCCN1C=Cc2cc([N+](=O)[O-])cc(/C=C/COC)c2C1. The summed E-state index contributed by atoms with van der Waals surface area (Å²) in [4.78, 5) is 13.1. The average Bonchev–Trinajstić information content (AvgIpc) is 2.55. The summed E-state index contributed by atoms with van der Waals surface area (Å²) in [5.74, 6) is 0. The summed E-state index contributed by atoms with van der Waals surface area (Å²) >= 11 is 0. The third kappa shape index (κ3) is 4.66. The van der Waals surface area contributed by atoms with Crippen LogP contribution in [0.2, 0.25) is 0 Å². The number of nitrogens with zero attached hydrogens (tertiary/aromatic N) is 2. The number of hydrogen-bond acceptors (Lipinski definition) is 4. The molecule has 0 bridgehead atoms. The Morgan fingerprint density at radius 1 is 1.39 bits per heavy atom. The topological polar surface area (TPSA) is 55.6 Å². The monoisotopic (exact) mass is 316 g/mol. The molecule has 1 aromatic rings. The van der Waals surface area contributed by atoms with Crippen molar-refractivity contribution >= 4 is 17.8 Å². The minimum Gasteiger partial charge on any atom is -0.381 e. The van der Waals surface area contributed by atoms with Gasteiger partial charge >= 0.3 is 0 Å². The van der Waals surface area contributed by atoms with Gasteiger partial charge in [-0.25, -0.2) is 0 Å². The average molecular weight is 316 g/mol. The van der Waals surface area contributed by atoms with Crippen LogP contribution in [0.25, 0.3) is 12.2 Å². The Morgan fingerprint density at radius 3 is 2.91 bits per heavy atom. The Morgan fingerprint density at radius 2 is 2.22 bits per heavy atom. The number of nitro benzene ring substituents is 1. The first-order chi connectivity index (χ1) is 11.2. The standard InChI is InChI=1S/C18H24N2O3/c1-3-4-5-9-19-10-8-16-13-17(20(21)22)12-15(18(16)14-19)7-6-11-23-2/h6-8,10,12-13H,3-5,9,11,14H2,1-2H3/b7-6+. The fraction of sp³-hybridized carbons (Fsp3) is 0.444. The van der Waals surface area contributed by atoms with Crippen LogP contribution < -0.4 is 0 Å². The number of unbranched alkanes of at least 4 members (excludes halogenated alkanes) is 2. The van der Waals surface area contributed by atoms with Gasteiger partial charge in [0.1, 0.15) is 0 Å². The fourth-order valence-corrected chi connectivity index (χ4v) is 2.72. The zero-order chi connectivity index (χ0) is 16.7. The summed E-state index contributed by atoms with van der Waals surface area (Å²) in [7, 11) is 1.63. The van der Waals surface area contributed by atoms with Gasteiger partial charge in [0.15, 0.2) is 0 Å². The molecule has 0 amide bonds. The molecule has 1 aliphatic heterocycles. The van der Waals surface area contributed by atoms with Crippen molar-refractivity contribution in [1.29, 1.82) is 0 Å². The molecule has 5 nitrogen and oxygen atoms in total. The second-order valence-electron chi connectivity index (χ2n) is 5.71. The summed E-state index contributed by atoms with van der Waals surface area (Å²) in [5, 5.41) is 11.1. The number of rotatable bonds is 8. The van der Waals surface area contributed by atoms with E-state index in [0.29, 0.717) is 6.61 Å². The van der Waals surface area contributed by atoms with Crippen LogP contribution in [-0.4, -0.2) is 30.1 Å². The first-order valence-electron chi connectivity index (χ1n) is 8.04. The van der Waals surface area contributed by atoms with Crippen molar-refractivity contribution < 1.29 is 9.66 Å². The van der Waals surface area contributed by atoms with E-state index >= 15 is 0 Å². The van der Waals surface area contributed by atoms with Crippen LogP contribution in [-0.2, 0) is 11.3 Å². The Kier molecular flexibility index (Phi) is 6.35. The summed E-state index contributed by atoms with van der Waals surface area (Å²) in [6.07, 6.45) is 11.4. The highest BCUT2D eigenvalue weighted by Crippen LogP contribution is 2.29. The number of methoxy groups -OCH3 is 1. The Labute approximate surface area is 137 Å². The molecule has 0 spiro atoms. The lowest BCUT2D eigenvalue weighted by molar-refractivity contribution is -0.384. The molecule has 1 aliphatic rings. The van der Waals surface area contributed by atoms with Crippen LogP contribution in [0, 0.1) is 10.1 Å². The molecule has 0 fully saturated rings. The van der Waals surface area contributed by atoms with E-state index in [0.717, 1.165) is 36.2 Å². The van der Waals surface area contributed by atoms with Crippen molar-refractivity contribution in [2.24, 2.45) is 0 Å². The number of ether oxygens (including phenoxy) is 1. The molecule has 0 saturated heterocycles. The molecule has 0 radical (unpaired) electrons. The predicted molar refractivity (Wildman–Crippen MR) is 93.0 cm³/mol. The normalized spacial score (nSPS) is 13.6. The Bertz CT molecular complexity index is 609. The first kappa shape index (κ1) is 17.2. The number of hydrogen-bond donors (Lipinski definition) is 0. The van der Waals surface area contributed by atoms with Crippen LogP contribution in [0.15, 0.2) is 24.4 Å². The van der Waals surface area contributed by atoms with Gasteiger partial charge in [-0.15, -0.1) is 0 Å². The third-order valence-electron chi connectivity index (χ3n) is 3.95. The van der Waals surface area contributed by atoms with Crippen molar-refractivity contribution in [3.63, 3.8) is 0 Å². The van der Waals surface area contributed by atoms with Crippen LogP contribution in [0.1, 0.15) is 42.9 Å². The van der Waals surface area contributed by atoms with E-state index in [9.17, 15) is 10.1 Å². The number of fused-ring (bicyclic) bond motifs is 1. The largest absolute Gasteiger partial charge is 0.381 e. The van der Waals surface area contributed by atoms with Crippen LogP contribution in [0.5, 0.6) is 0 Å². The highest BCUT2D eigenvalue weighted by molar-refractivity contribution is 5.68. The van der Waals surface area contributed by atoms with Gasteiger partial charge in [-0.2, -0.15) is 0 Å². The molecule has 0 aromatic heterocycles. The van der Waals surface area contributed by atoms with Crippen molar-refractivity contribution in [2.75, 3.05) is 20.3 Å². The molecule has 0 unspecified atom stereocenters. The second-order valence-corrected chi connectivity index (χ2v) is 5.71. The Balaban J connectivity index is 2.26. The highest BCUT2D eigenvalue weighted by Gasteiger charge is 2.18. The summed E-state index contributed by atoms with van der Waals surface area (Å²) in [5.41, 5.74) is 3.10. The van der Waals surface area contributed by atoms with E-state index in [-0.39, 0.29) is 10.6 Å². The van der Waals surface area contributed by atoms with Gasteiger partial charge in [0, 0.05) is 32.3 Å². The molecule has 0 atom stereocenters. The third-order valence-corrected chi connectivity index (χ3v) is 3.95. The van der Waals surface area contributed by atoms with E-state index in [1.807, 2.05) is 24.4 Å². The van der Waals surface area contributed by atoms with Crippen molar-refractivity contribution in [2.45, 2.75) is 32.7 Å². The van der Waals surface area contributed by atoms with Crippen LogP contribution in [0.4, 0.5) is 5.69 Å². The first-order valence-corrected chi connectivity index (χ1v) is 8.04. The Hall–Kier alpha value is -2.14. The molecule has 124 valence electrons. The lowest BCUT2D eigenvalue weighted by Crippen LogP contribution is -2.22. The molecule has 23 heavy (non-hydrogen) atoms. The maximum atomic E-state index is 11.1. The second kappa shape index (κ2) is 8.48. The van der Waals surface area contributed by atoms with Gasteiger partial charge in [-0.3, -0.25) is 10.1 Å². The van der Waals surface area contributed by atoms with Crippen LogP contribution >= 0.6 is 0 Å². The maximum absolute atomic E-state index is 11.1. The van der Waals surface area contributed by atoms with E-state index in [1.165, 1.54) is 12.8 Å². The molecule has 0 saturated carbocycles. The molecule has 5 heteroatoms. The van der Waals surface area contributed by atoms with Crippen LogP contribution in [0.3, 0.4) is 0 Å². The summed E-state index contributed by atoms with van der Waals surface area (Å²) < 4.78 is 5.03. The smallest absolute Gasteiger partial charge is 0.270 e. The number of benzene rings is 1. The lowest BCUT2D eigenvalue weighted by atomic mass is 9.96. The van der Waals surface area contributed by atoms with E-state index < -0.39 is 0 Å².